The summed E-state index contributed by atoms with van der Waals surface area (Å²) in [5.74, 6) is -0.270. The number of benzene rings is 2. The normalized spacial score (nSPS) is 11.1. The van der Waals surface area contributed by atoms with Gasteiger partial charge in [0.1, 0.15) is 5.75 Å². The first-order valence-corrected chi connectivity index (χ1v) is 8.54. The summed E-state index contributed by atoms with van der Waals surface area (Å²) in [6.45, 7) is -2.49. The van der Waals surface area contributed by atoms with Crippen molar-refractivity contribution in [2.45, 2.75) is 13.2 Å². The minimum atomic E-state index is -2.89. The van der Waals surface area contributed by atoms with Crippen molar-refractivity contribution in [1.29, 1.82) is 0 Å². The van der Waals surface area contributed by atoms with Gasteiger partial charge in [-0.3, -0.25) is 9.69 Å². The van der Waals surface area contributed by atoms with Crippen molar-refractivity contribution in [3.05, 3.63) is 57.0 Å². The lowest BCUT2D eigenvalue weighted by molar-refractivity contribution is -0.117. The second-order valence-corrected chi connectivity index (χ2v) is 6.74. The summed E-state index contributed by atoms with van der Waals surface area (Å²) in [6.07, 6.45) is 0. The average molecular weight is 424 g/mol. The minimum Gasteiger partial charge on any atom is -0.435 e. The summed E-state index contributed by atoms with van der Waals surface area (Å²) < 4.78 is 28.9. The van der Waals surface area contributed by atoms with Crippen molar-refractivity contribution in [1.82, 2.24) is 4.90 Å². The number of alkyl halides is 2. The van der Waals surface area contributed by atoms with E-state index in [4.69, 9.17) is 34.8 Å². The summed E-state index contributed by atoms with van der Waals surface area (Å²) in [4.78, 5) is 13.9. The van der Waals surface area contributed by atoms with E-state index in [1.807, 2.05) is 0 Å². The molecule has 0 aliphatic carbocycles. The third kappa shape index (κ3) is 6.29. The summed E-state index contributed by atoms with van der Waals surface area (Å²) in [5, 5.41) is 3.46. The minimum absolute atomic E-state index is 0.0369. The van der Waals surface area contributed by atoms with E-state index in [9.17, 15) is 13.6 Å². The Morgan fingerprint density at radius 1 is 1.19 bits per heavy atom. The molecular weight excluding hydrogens is 409 g/mol. The molecule has 1 N–H and O–H groups in total. The van der Waals surface area contributed by atoms with Crippen molar-refractivity contribution >= 4 is 46.4 Å². The van der Waals surface area contributed by atoms with E-state index in [0.717, 1.165) is 5.56 Å². The number of hydrogen-bond acceptors (Lipinski definition) is 3. The van der Waals surface area contributed by atoms with Crippen LogP contribution in [0.5, 0.6) is 5.75 Å². The van der Waals surface area contributed by atoms with Crippen LogP contribution in [0.3, 0.4) is 0 Å². The van der Waals surface area contributed by atoms with Crippen LogP contribution < -0.4 is 10.1 Å². The molecule has 0 bridgehead atoms. The highest BCUT2D eigenvalue weighted by atomic mass is 35.5. The number of ether oxygens (including phenoxy) is 1. The van der Waals surface area contributed by atoms with Crippen molar-refractivity contribution in [3.63, 3.8) is 0 Å². The summed E-state index contributed by atoms with van der Waals surface area (Å²) in [5.41, 5.74) is 1.00. The fourth-order valence-electron chi connectivity index (χ4n) is 2.27. The summed E-state index contributed by atoms with van der Waals surface area (Å²) >= 11 is 17.9. The van der Waals surface area contributed by atoms with Crippen LogP contribution in [-0.2, 0) is 11.3 Å². The molecule has 2 rings (SSSR count). The third-order valence-corrected chi connectivity index (χ3v) is 4.08. The van der Waals surface area contributed by atoms with E-state index in [1.54, 1.807) is 24.1 Å². The van der Waals surface area contributed by atoms with Crippen LogP contribution in [0.15, 0.2) is 36.4 Å². The Bertz CT molecular complexity index is 767. The number of anilines is 1. The molecule has 26 heavy (non-hydrogen) atoms. The van der Waals surface area contributed by atoms with Gasteiger partial charge in [-0.2, -0.15) is 8.78 Å². The molecule has 140 valence electrons. The van der Waals surface area contributed by atoms with Gasteiger partial charge in [0.25, 0.3) is 0 Å². The molecule has 0 heterocycles. The Balaban J connectivity index is 1.95. The predicted octanol–water partition coefficient (Wildman–Crippen LogP) is 5.32. The van der Waals surface area contributed by atoms with Crippen molar-refractivity contribution in [3.8, 4) is 5.75 Å². The first-order chi connectivity index (χ1) is 12.2. The van der Waals surface area contributed by atoms with Gasteiger partial charge >= 0.3 is 6.61 Å². The molecule has 2 aromatic rings. The zero-order valence-electron chi connectivity index (χ0n) is 13.6. The van der Waals surface area contributed by atoms with Crippen molar-refractivity contribution in [2.24, 2.45) is 0 Å². The molecule has 0 saturated heterocycles. The Labute approximate surface area is 164 Å². The van der Waals surface area contributed by atoms with E-state index >= 15 is 0 Å². The highest BCUT2D eigenvalue weighted by Gasteiger charge is 2.13. The number of nitrogens with one attached hydrogen (secondary N) is 1. The van der Waals surface area contributed by atoms with Gasteiger partial charge in [-0.15, -0.1) is 0 Å². The van der Waals surface area contributed by atoms with Gasteiger partial charge in [-0.25, -0.2) is 0 Å². The van der Waals surface area contributed by atoms with Gasteiger partial charge in [-0.05, 0) is 36.9 Å². The summed E-state index contributed by atoms with van der Waals surface area (Å²) in [6, 6.07) is 9.24. The van der Waals surface area contributed by atoms with Crippen molar-refractivity contribution in [2.75, 3.05) is 18.9 Å². The number of rotatable bonds is 7. The molecule has 9 heteroatoms. The van der Waals surface area contributed by atoms with Crippen LogP contribution in [0.25, 0.3) is 0 Å². The SMILES string of the molecule is CN(CC(=O)Nc1c(Cl)cc(Cl)cc1Cl)Cc1cccc(OC(F)F)c1. The lowest BCUT2D eigenvalue weighted by Crippen LogP contribution is -2.30. The van der Waals surface area contributed by atoms with Crippen LogP contribution in [0.1, 0.15) is 5.56 Å². The Morgan fingerprint density at radius 3 is 2.46 bits per heavy atom. The number of carbonyl (C=O) groups is 1. The molecule has 0 aromatic heterocycles. The van der Waals surface area contributed by atoms with Gasteiger partial charge in [0.2, 0.25) is 5.91 Å². The van der Waals surface area contributed by atoms with Gasteiger partial charge in [0.15, 0.2) is 0 Å². The van der Waals surface area contributed by atoms with Gasteiger partial charge in [0.05, 0.1) is 22.3 Å². The predicted molar refractivity (Wildman–Crippen MR) is 99.5 cm³/mol. The highest BCUT2D eigenvalue weighted by molar-refractivity contribution is 6.42. The lowest BCUT2D eigenvalue weighted by atomic mass is 10.2. The van der Waals surface area contributed by atoms with Gasteiger partial charge in [0, 0.05) is 11.6 Å². The van der Waals surface area contributed by atoms with Crippen LogP contribution in [-0.4, -0.2) is 31.0 Å². The van der Waals surface area contributed by atoms with Crippen LogP contribution in [0, 0.1) is 0 Å². The number of carbonyl (C=O) groups excluding carboxylic acids is 1. The molecule has 0 unspecified atom stereocenters. The third-order valence-electron chi connectivity index (χ3n) is 3.26. The maximum atomic E-state index is 12.3. The van der Waals surface area contributed by atoms with Crippen LogP contribution >= 0.6 is 34.8 Å². The fourth-order valence-corrected chi connectivity index (χ4v) is 3.18. The lowest BCUT2D eigenvalue weighted by Gasteiger charge is -2.17. The zero-order valence-corrected chi connectivity index (χ0v) is 15.9. The van der Waals surface area contributed by atoms with E-state index in [1.165, 1.54) is 24.3 Å². The van der Waals surface area contributed by atoms with Gasteiger partial charge < -0.3 is 10.1 Å². The average Bonchev–Trinajstić information content (AvgIpc) is 2.50. The van der Waals surface area contributed by atoms with Crippen LogP contribution in [0.2, 0.25) is 15.1 Å². The second-order valence-electron chi connectivity index (χ2n) is 5.49. The van der Waals surface area contributed by atoms with E-state index in [-0.39, 0.29) is 33.9 Å². The van der Waals surface area contributed by atoms with Crippen LogP contribution in [0.4, 0.5) is 14.5 Å². The number of nitrogens with zero attached hydrogens (tertiary/aromatic N) is 1. The molecule has 0 spiro atoms. The number of hydrogen-bond donors (Lipinski definition) is 1. The largest absolute Gasteiger partial charge is 0.435 e. The van der Waals surface area contributed by atoms with E-state index in [2.05, 4.69) is 10.1 Å². The maximum absolute atomic E-state index is 12.3. The smallest absolute Gasteiger partial charge is 0.387 e. The zero-order chi connectivity index (χ0) is 19.3. The first kappa shape index (κ1) is 20.7. The standard InChI is InChI=1S/C17H15Cl3F2N2O2/c1-24(8-10-3-2-4-12(5-10)26-17(21)22)9-15(25)23-16-13(19)6-11(18)7-14(16)20/h2-7,17H,8-9H2,1H3,(H,23,25). The molecule has 0 saturated carbocycles. The number of amides is 1. The van der Waals surface area contributed by atoms with E-state index in [0.29, 0.717) is 11.6 Å². The molecule has 0 radical (unpaired) electrons. The molecular formula is C17H15Cl3F2N2O2. The molecule has 0 atom stereocenters. The molecule has 0 aliphatic rings. The molecule has 0 fully saturated rings. The Kier molecular flexibility index (Phi) is 7.46. The molecule has 2 aromatic carbocycles. The Hall–Kier alpha value is -1.60. The van der Waals surface area contributed by atoms with E-state index < -0.39 is 6.61 Å². The number of halogens is 5. The Morgan fingerprint density at radius 2 is 1.85 bits per heavy atom. The summed E-state index contributed by atoms with van der Waals surface area (Å²) in [7, 11) is 1.71. The monoisotopic (exact) mass is 422 g/mol. The molecule has 1 amide bonds. The second kappa shape index (κ2) is 9.37. The quantitative estimate of drug-likeness (QED) is 0.655. The number of likely N-dealkylation sites (N-methyl/N-ethyl adjacent to an activating group) is 1. The topological polar surface area (TPSA) is 41.6 Å². The molecule has 0 aliphatic heterocycles. The van der Waals surface area contributed by atoms with Gasteiger partial charge in [-0.1, -0.05) is 46.9 Å². The molecule has 4 nitrogen and oxygen atoms in total. The maximum Gasteiger partial charge on any atom is 0.387 e. The van der Waals surface area contributed by atoms with Crippen molar-refractivity contribution < 1.29 is 18.3 Å². The fraction of sp³-hybridized carbons (Fsp3) is 0.235. The first-order valence-electron chi connectivity index (χ1n) is 7.41. The highest BCUT2D eigenvalue weighted by Crippen LogP contribution is 2.33.